The Labute approximate surface area is 95.0 Å². The largest absolute Gasteiger partial charge is 0.294 e. The van der Waals surface area contributed by atoms with Crippen molar-refractivity contribution < 1.29 is 9.59 Å². The van der Waals surface area contributed by atoms with Crippen molar-refractivity contribution >= 4 is 11.6 Å². The lowest BCUT2D eigenvalue weighted by molar-refractivity contribution is -0.121. The molecule has 2 heteroatoms. The lowest BCUT2D eigenvalue weighted by atomic mass is 9.87. The Balaban J connectivity index is 2.27. The van der Waals surface area contributed by atoms with Gasteiger partial charge in [-0.05, 0) is 12.5 Å². The average molecular weight is 214 g/mol. The highest BCUT2D eigenvalue weighted by Crippen LogP contribution is 2.34. The highest BCUT2D eigenvalue weighted by molar-refractivity contribution is 6.15. The molecule has 1 aliphatic carbocycles. The quantitative estimate of drug-likeness (QED) is 0.709. The van der Waals surface area contributed by atoms with Crippen LogP contribution in [0.1, 0.15) is 30.6 Å². The molecule has 0 heterocycles. The SMILES string of the molecule is CC1(C)CC(C(=O)c2ccccc2)=CC1=O. The van der Waals surface area contributed by atoms with Gasteiger partial charge in [-0.25, -0.2) is 0 Å². The first kappa shape index (κ1) is 10.8. The number of benzene rings is 1. The standard InChI is InChI=1S/C14H14O2/c1-14(2)9-11(8-12(14)15)13(16)10-6-4-3-5-7-10/h3-8H,9H2,1-2H3. The predicted octanol–water partition coefficient (Wildman–Crippen LogP) is 2.79. The summed E-state index contributed by atoms with van der Waals surface area (Å²) in [5, 5.41) is 0. The van der Waals surface area contributed by atoms with Crippen LogP contribution >= 0.6 is 0 Å². The third-order valence-corrected chi connectivity index (χ3v) is 2.93. The smallest absolute Gasteiger partial charge is 0.189 e. The van der Waals surface area contributed by atoms with Gasteiger partial charge in [-0.1, -0.05) is 44.2 Å². The number of carbonyl (C=O) groups is 2. The zero-order chi connectivity index (χ0) is 11.8. The minimum absolute atomic E-state index is 0.0282. The fraction of sp³-hybridized carbons (Fsp3) is 0.286. The van der Waals surface area contributed by atoms with Gasteiger partial charge >= 0.3 is 0 Å². The van der Waals surface area contributed by atoms with E-state index in [1.165, 1.54) is 6.08 Å². The van der Waals surface area contributed by atoms with Crippen LogP contribution in [0.5, 0.6) is 0 Å². The molecule has 2 nitrogen and oxygen atoms in total. The molecule has 82 valence electrons. The van der Waals surface area contributed by atoms with Crippen molar-refractivity contribution in [3.8, 4) is 0 Å². The summed E-state index contributed by atoms with van der Waals surface area (Å²) in [7, 11) is 0. The van der Waals surface area contributed by atoms with Gasteiger partial charge in [0.2, 0.25) is 0 Å². The average Bonchev–Trinajstić information content (AvgIpc) is 2.54. The molecule has 16 heavy (non-hydrogen) atoms. The van der Waals surface area contributed by atoms with Gasteiger partial charge in [0.25, 0.3) is 0 Å². The van der Waals surface area contributed by atoms with E-state index in [4.69, 9.17) is 0 Å². The molecule has 0 saturated heterocycles. The van der Waals surface area contributed by atoms with Gasteiger partial charge in [0.15, 0.2) is 11.6 Å². The van der Waals surface area contributed by atoms with Crippen molar-refractivity contribution in [2.24, 2.45) is 5.41 Å². The second kappa shape index (κ2) is 3.71. The number of allylic oxidation sites excluding steroid dienone is 2. The first-order valence-electron chi connectivity index (χ1n) is 5.35. The van der Waals surface area contributed by atoms with Crippen molar-refractivity contribution in [1.82, 2.24) is 0 Å². The molecule has 0 spiro atoms. The lowest BCUT2D eigenvalue weighted by Crippen LogP contribution is -2.17. The molecule has 0 aromatic heterocycles. The Bertz CT molecular complexity index is 467. The van der Waals surface area contributed by atoms with Gasteiger partial charge in [0, 0.05) is 16.6 Å². The van der Waals surface area contributed by atoms with E-state index < -0.39 is 5.41 Å². The Morgan fingerprint density at radius 1 is 1.19 bits per heavy atom. The molecule has 0 amide bonds. The Morgan fingerprint density at radius 2 is 1.81 bits per heavy atom. The van der Waals surface area contributed by atoms with Crippen LogP contribution in [0.2, 0.25) is 0 Å². The summed E-state index contributed by atoms with van der Waals surface area (Å²) in [6.45, 7) is 3.74. The Hall–Kier alpha value is -1.70. The van der Waals surface area contributed by atoms with E-state index in [0.717, 1.165) is 0 Å². The van der Waals surface area contributed by atoms with Crippen molar-refractivity contribution in [3.63, 3.8) is 0 Å². The van der Waals surface area contributed by atoms with Crippen LogP contribution in [0.3, 0.4) is 0 Å². The fourth-order valence-electron chi connectivity index (χ4n) is 1.89. The molecule has 0 fully saturated rings. The Morgan fingerprint density at radius 3 is 2.31 bits per heavy atom. The van der Waals surface area contributed by atoms with E-state index in [-0.39, 0.29) is 11.6 Å². The maximum atomic E-state index is 12.1. The van der Waals surface area contributed by atoms with Crippen LogP contribution in [0, 0.1) is 5.41 Å². The summed E-state index contributed by atoms with van der Waals surface area (Å²) in [5.41, 5.74) is 0.861. The number of carbonyl (C=O) groups excluding carboxylic acids is 2. The maximum absolute atomic E-state index is 12.1. The normalized spacial score (nSPS) is 18.4. The molecule has 0 atom stereocenters. The van der Waals surface area contributed by atoms with Crippen LogP contribution < -0.4 is 0 Å². The van der Waals surface area contributed by atoms with E-state index in [9.17, 15) is 9.59 Å². The molecule has 0 N–H and O–H groups in total. The third kappa shape index (κ3) is 1.83. The van der Waals surface area contributed by atoms with Crippen molar-refractivity contribution in [2.75, 3.05) is 0 Å². The third-order valence-electron chi connectivity index (χ3n) is 2.93. The van der Waals surface area contributed by atoms with Gasteiger partial charge in [-0.15, -0.1) is 0 Å². The first-order valence-corrected chi connectivity index (χ1v) is 5.35. The summed E-state index contributed by atoms with van der Waals surface area (Å²) in [5.74, 6) is 0.0197. The number of Topliss-reactive ketones (excluding diaryl/α,β-unsaturated/α-hetero) is 1. The second-order valence-corrected chi connectivity index (χ2v) is 4.79. The summed E-state index contributed by atoms with van der Waals surface area (Å²) in [4.78, 5) is 23.7. The van der Waals surface area contributed by atoms with Crippen molar-refractivity contribution in [1.29, 1.82) is 0 Å². The minimum atomic E-state index is -0.417. The predicted molar refractivity (Wildman–Crippen MR) is 62.3 cm³/mol. The lowest BCUT2D eigenvalue weighted by Gasteiger charge is -2.14. The minimum Gasteiger partial charge on any atom is -0.294 e. The molecule has 1 aliphatic rings. The van der Waals surface area contributed by atoms with Crippen molar-refractivity contribution in [3.05, 3.63) is 47.5 Å². The van der Waals surface area contributed by atoms with E-state index in [0.29, 0.717) is 17.6 Å². The van der Waals surface area contributed by atoms with Gasteiger partial charge in [-0.3, -0.25) is 9.59 Å². The molecule has 2 rings (SSSR count). The number of hydrogen-bond acceptors (Lipinski definition) is 2. The summed E-state index contributed by atoms with van der Waals surface area (Å²) >= 11 is 0. The van der Waals surface area contributed by atoms with E-state index in [2.05, 4.69) is 0 Å². The molecule has 1 aromatic rings. The molecular formula is C14H14O2. The molecule has 0 saturated carbocycles. The van der Waals surface area contributed by atoms with Crippen LogP contribution in [-0.2, 0) is 4.79 Å². The zero-order valence-corrected chi connectivity index (χ0v) is 9.49. The van der Waals surface area contributed by atoms with Gasteiger partial charge in [0.05, 0.1) is 0 Å². The van der Waals surface area contributed by atoms with E-state index in [1.807, 2.05) is 32.0 Å². The van der Waals surface area contributed by atoms with E-state index >= 15 is 0 Å². The molecule has 0 unspecified atom stereocenters. The monoisotopic (exact) mass is 214 g/mol. The highest BCUT2D eigenvalue weighted by atomic mass is 16.1. The Kier molecular flexibility index (Phi) is 2.50. The van der Waals surface area contributed by atoms with Crippen LogP contribution in [0.25, 0.3) is 0 Å². The fourth-order valence-corrected chi connectivity index (χ4v) is 1.89. The number of hydrogen-bond donors (Lipinski definition) is 0. The maximum Gasteiger partial charge on any atom is 0.189 e. The second-order valence-electron chi connectivity index (χ2n) is 4.79. The molecule has 0 radical (unpaired) electrons. The van der Waals surface area contributed by atoms with Gasteiger partial charge < -0.3 is 0 Å². The van der Waals surface area contributed by atoms with Crippen LogP contribution in [0.4, 0.5) is 0 Å². The summed E-state index contributed by atoms with van der Waals surface area (Å²) < 4.78 is 0. The number of ketones is 2. The summed E-state index contributed by atoms with van der Waals surface area (Å²) in [6.07, 6.45) is 2.04. The van der Waals surface area contributed by atoms with E-state index in [1.54, 1.807) is 12.1 Å². The van der Waals surface area contributed by atoms with Gasteiger partial charge in [-0.2, -0.15) is 0 Å². The van der Waals surface area contributed by atoms with Crippen LogP contribution in [0.15, 0.2) is 42.0 Å². The van der Waals surface area contributed by atoms with Crippen LogP contribution in [-0.4, -0.2) is 11.6 Å². The first-order chi connectivity index (χ1) is 7.50. The molecule has 0 bridgehead atoms. The molecule has 0 aliphatic heterocycles. The molecular weight excluding hydrogens is 200 g/mol. The molecule has 1 aromatic carbocycles. The summed E-state index contributed by atoms with van der Waals surface area (Å²) in [6, 6.07) is 9.08. The van der Waals surface area contributed by atoms with Gasteiger partial charge in [0.1, 0.15) is 0 Å². The highest BCUT2D eigenvalue weighted by Gasteiger charge is 2.35. The topological polar surface area (TPSA) is 34.1 Å². The number of rotatable bonds is 2. The van der Waals surface area contributed by atoms with Crippen molar-refractivity contribution in [2.45, 2.75) is 20.3 Å². The zero-order valence-electron chi connectivity index (χ0n) is 9.49.